The van der Waals surface area contributed by atoms with Crippen LogP contribution in [0.4, 0.5) is 4.79 Å². The maximum Gasteiger partial charge on any atom is 0.407 e. The molecule has 62 heavy (non-hydrogen) atoms. The van der Waals surface area contributed by atoms with Gasteiger partial charge in [0.2, 0.25) is 5.96 Å². The van der Waals surface area contributed by atoms with Crippen LogP contribution in [0.25, 0.3) is 11.1 Å². The third kappa shape index (κ3) is 8.53. The fourth-order valence-electron chi connectivity index (χ4n) is 9.42. The number of guanidine groups is 1. The summed E-state index contributed by atoms with van der Waals surface area (Å²) in [7, 11) is -4.18. The Morgan fingerprint density at radius 1 is 0.806 bits per heavy atom. The number of carbonyl (C=O) groups excluding carboxylic acids is 1. The van der Waals surface area contributed by atoms with Crippen LogP contribution in [-0.2, 0) is 38.8 Å². The topological polar surface area (TPSA) is 155 Å². The van der Waals surface area contributed by atoms with E-state index in [2.05, 4.69) is 39.6 Å². The third-order valence-electron chi connectivity index (χ3n) is 12.6. The molecule has 2 aliphatic carbocycles. The first-order chi connectivity index (χ1) is 29.7. The first-order valence-electron chi connectivity index (χ1n) is 21.4. The van der Waals surface area contributed by atoms with Crippen molar-refractivity contribution in [3.63, 3.8) is 0 Å². The van der Waals surface area contributed by atoms with Crippen LogP contribution in [0.3, 0.4) is 0 Å². The van der Waals surface area contributed by atoms with Crippen molar-refractivity contribution in [1.82, 2.24) is 15.4 Å². The van der Waals surface area contributed by atoms with Gasteiger partial charge in [-0.25, -0.2) is 27.7 Å². The van der Waals surface area contributed by atoms with Gasteiger partial charge in [0.25, 0.3) is 10.0 Å². The summed E-state index contributed by atoms with van der Waals surface area (Å²) in [5, 5.41) is 15.9. The van der Waals surface area contributed by atoms with E-state index in [1.165, 1.54) is 0 Å². The van der Waals surface area contributed by atoms with E-state index in [4.69, 9.17) is 14.5 Å². The number of hydrogen-bond donors (Lipinski definition) is 4. The maximum atomic E-state index is 14.6. The molecule has 0 saturated carbocycles. The number of aliphatic carboxylic acids is 1. The number of rotatable bonds is 12. The Labute approximate surface area is 364 Å². The number of sulfonamides is 1. The number of carboxylic acids is 1. The fraction of sp³-hybridized carbons (Fsp3) is 0.340. The van der Waals surface area contributed by atoms with Crippen molar-refractivity contribution in [3.8, 4) is 16.9 Å². The molecule has 5 aromatic carbocycles. The fourth-order valence-corrected chi connectivity index (χ4v) is 11.0. The van der Waals surface area contributed by atoms with Crippen molar-refractivity contribution >= 4 is 28.0 Å². The van der Waals surface area contributed by atoms with E-state index in [9.17, 15) is 23.1 Å². The summed E-state index contributed by atoms with van der Waals surface area (Å²) in [5.74, 6) is -0.496. The van der Waals surface area contributed by atoms with E-state index in [-0.39, 0.29) is 36.3 Å². The summed E-state index contributed by atoms with van der Waals surface area (Å²) in [5.41, 5.74) is 11.1. The number of aryl methyl sites for hydroxylation is 2. The lowest BCUT2D eigenvalue weighted by Crippen LogP contribution is -2.43. The smallest absolute Gasteiger partial charge is 0.407 e. The number of carbonyl (C=O) groups is 2. The predicted molar refractivity (Wildman–Crippen MR) is 240 cm³/mol. The van der Waals surface area contributed by atoms with Crippen molar-refractivity contribution in [2.45, 2.75) is 102 Å². The molecule has 0 unspecified atom stereocenters. The Balaban J connectivity index is 0.986. The van der Waals surface area contributed by atoms with Crippen LogP contribution in [0.15, 0.2) is 107 Å². The quantitative estimate of drug-likeness (QED) is 0.0553. The van der Waals surface area contributed by atoms with E-state index in [1.54, 1.807) is 0 Å². The molecule has 11 nitrogen and oxygen atoms in total. The summed E-state index contributed by atoms with van der Waals surface area (Å²) in [6.45, 7) is 9.89. The highest BCUT2D eigenvalue weighted by atomic mass is 32.2. The number of alkyl carbamates (subject to hydrolysis) is 1. The standard InChI is InChI=1S/C50H54N4O7S/c1-30-31(2)46(32(3)41-28-50(4,5)61-45(30)41)62(58,59)54-48(53-44-35-18-8-6-16-33(35)25-26-34-17-7-9-19-36(34)44)51-27-15-14-24-43(47(55)56)52-49(57)60-29-42-39-22-12-10-20-37(39)38-21-11-13-23-40(38)42/h6-13,16-23,42-44H,14-15,24-29H2,1-5H3,(H,52,57)(H,55,56)(H2,51,53,54)/t43-/m0/s1. The zero-order chi connectivity index (χ0) is 43.8. The van der Waals surface area contributed by atoms with Crippen molar-refractivity contribution in [2.75, 3.05) is 13.2 Å². The minimum Gasteiger partial charge on any atom is -0.487 e. The molecule has 0 bridgehead atoms. The molecule has 4 N–H and O–H groups in total. The number of nitrogens with one attached hydrogen (secondary N) is 3. The molecular formula is C50H54N4O7S. The highest BCUT2D eigenvalue weighted by molar-refractivity contribution is 7.90. The predicted octanol–water partition coefficient (Wildman–Crippen LogP) is 8.60. The first kappa shape index (κ1) is 42.5. The summed E-state index contributed by atoms with van der Waals surface area (Å²) in [6.07, 6.45) is 2.43. The summed E-state index contributed by atoms with van der Waals surface area (Å²) in [4.78, 5) is 30.7. The van der Waals surface area contributed by atoms with Gasteiger partial charge >= 0.3 is 12.1 Å². The van der Waals surface area contributed by atoms with Gasteiger partial charge in [-0.15, -0.1) is 0 Å². The summed E-state index contributed by atoms with van der Waals surface area (Å²) in [6, 6.07) is 30.6. The molecule has 1 aliphatic heterocycles. The number of carboxylic acid groups (broad SMARTS) is 1. The van der Waals surface area contributed by atoms with Crippen LogP contribution in [0.2, 0.25) is 0 Å². The van der Waals surface area contributed by atoms with Gasteiger partial charge in [-0.1, -0.05) is 97.1 Å². The summed E-state index contributed by atoms with van der Waals surface area (Å²) >= 11 is 0. The Morgan fingerprint density at radius 2 is 1.37 bits per heavy atom. The molecule has 0 saturated heterocycles. The van der Waals surface area contributed by atoms with Crippen LogP contribution in [0, 0.1) is 20.8 Å². The maximum absolute atomic E-state index is 14.6. The minimum atomic E-state index is -4.18. The Morgan fingerprint density at radius 3 is 1.97 bits per heavy atom. The average Bonchev–Trinajstić information content (AvgIpc) is 3.70. The van der Waals surface area contributed by atoms with Crippen LogP contribution < -0.4 is 20.1 Å². The molecule has 8 rings (SSSR count). The molecule has 1 atom stereocenters. The second-order valence-corrected chi connectivity index (χ2v) is 18.8. The normalized spacial score (nSPS) is 15.8. The highest BCUT2D eigenvalue weighted by Crippen LogP contribution is 2.45. The van der Waals surface area contributed by atoms with E-state index >= 15 is 0 Å². The number of nitrogens with zero attached hydrogens (tertiary/aromatic N) is 1. The van der Waals surface area contributed by atoms with E-state index in [0.29, 0.717) is 30.4 Å². The second kappa shape index (κ2) is 17.3. The molecule has 0 spiro atoms. The number of fused-ring (bicyclic) bond motifs is 6. The van der Waals surface area contributed by atoms with Crippen LogP contribution in [0.1, 0.15) is 101 Å². The van der Waals surface area contributed by atoms with Crippen molar-refractivity contribution in [2.24, 2.45) is 4.99 Å². The molecule has 0 aromatic heterocycles. The molecule has 5 aromatic rings. The largest absolute Gasteiger partial charge is 0.487 e. The van der Waals surface area contributed by atoms with Crippen molar-refractivity contribution < 1.29 is 32.6 Å². The van der Waals surface area contributed by atoms with Crippen LogP contribution >= 0.6 is 0 Å². The number of ether oxygens (including phenoxy) is 2. The lowest BCUT2D eigenvalue weighted by Gasteiger charge is -2.22. The van der Waals surface area contributed by atoms with Crippen molar-refractivity contribution in [1.29, 1.82) is 0 Å². The molecule has 3 aliphatic rings. The zero-order valence-electron chi connectivity index (χ0n) is 35.9. The molecule has 322 valence electrons. The van der Waals surface area contributed by atoms with Gasteiger partial charge in [0, 0.05) is 24.4 Å². The highest BCUT2D eigenvalue weighted by Gasteiger charge is 2.37. The monoisotopic (exact) mass is 854 g/mol. The number of amides is 1. The Hall–Kier alpha value is -6.14. The second-order valence-electron chi connectivity index (χ2n) is 17.2. The Bertz CT molecular complexity index is 2600. The molecule has 0 radical (unpaired) electrons. The third-order valence-corrected chi connectivity index (χ3v) is 14.2. The number of unbranched alkanes of at least 4 members (excludes halogenated alkanes) is 1. The van der Waals surface area contributed by atoms with E-state index in [1.807, 2.05) is 107 Å². The SMILES string of the molecule is Cc1c(C)c(S(=O)(=O)N/C(=N\C2c3ccccc3CCc3ccccc32)NCCCC[C@H](NC(=O)OCC2c3ccccc3-c3ccccc32)C(=O)O)c(C)c2c1OC(C)(C)C2. The first-order valence-corrected chi connectivity index (χ1v) is 22.9. The van der Waals surface area contributed by atoms with Gasteiger partial charge in [-0.3, -0.25) is 0 Å². The number of benzene rings is 5. The van der Waals surface area contributed by atoms with Gasteiger partial charge < -0.3 is 25.2 Å². The van der Waals surface area contributed by atoms with Crippen LogP contribution in [0.5, 0.6) is 5.75 Å². The lowest BCUT2D eigenvalue weighted by atomic mass is 9.94. The van der Waals surface area contributed by atoms with Gasteiger partial charge in [0.15, 0.2) is 0 Å². The molecule has 1 amide bonds. The van der Waals surface area contributed by atoms with Gasteiger partial charge in [0.05, 0.1) is 4.90 Å². The molecule has 0 fully saturated rings. The average molecular weight is 855 g/mol. The summed E-state index contributed by atoms with van der Waals surface area (Å²) < 4.78 is 44.0. The number of hydrogen-bond acceptors (Lipinski definition) is 7. The zero-order valence-corrected chi connectivity index (χ0v) is 36.7. The number of aliphatic imine (C=N–C) groups is 1. The Kier molecular flexibility index (Phi) is 11.9. The molecule has 12 heteroatoms. The van der Waals surface area contributed by atoms with Crippen molar-refractivity contribution in [3.05, 3.63) is 153 Å². The molecular weight excluding hydrogens is 801 g/mol. The van der Waals surface area contributed by atoms with Gasteiger partial charge in [0.1, 0.15) is 30.0 Å². The van der Waals surface area contributed by atoms with E-state index < -0.39 is 39.8 Å². The molecule has 1 heterocycles. The van der Waals surface area contributed by atoms with Crippen LogP contribution in [-0.4, -0.2) is 56.3 Å². The van der Waals surface area contributed by atoms with Gasteiger partial charge in [-0.05, 0) is 128 Å². The van der Waals surface area contributed by atoms with E-state index in [0.717, 1.165) is 74.2 Å². The minimum absolute atomic E-state index is 0.0694. The lowest BCUT2D eigenvalue weighted by molar-refractivity contribution is -0.139. The van der Waals surface area contributed by atoms with Gasteiger partial charge in [-0.2, -0.15) is 0 Å².